The smallest absolute Gasteiger partial charge is 0.147 e. The van der Waals surface area contributed by atoms with E-state index in [4.69, 9.17) is 5.10 Å². The van der Waals surface area contributed by atoms with Crippen LogP contribution in [0.3, 0.4) is 0 Å². The Balaban J connectivity index is 0.000000531. The lowest BCUT2D eigenvalue weighted by Gasteiger charge is -2.37. The maximum absolute atomic E-state index is 12.3. The van der Waals surface area contributed by atoms with Crippen LogP contribution in [-0.2, 0) is 17.8 Å². The number of piperidine rings is 1. The number of Topliss-reactive ketones (excluding diaryl/α,β-unsaturated/α-hetero) is 1. The van der Waals surface area contributed by atoms with Crippen LogP contribution < -0.4 is 0 Å². The number of carbonyl (C=O) groups is 1. The van der Waals surface area contributed by atoms with Gasteiger partial charge < -0.3 is 4.90 Å². The minimum atomic E-state index is -0.178. The second kappa shape index (κ2) is 14.4. The third-order valence-corrected chi connectivity index (χ3v) is 8.53. The van der Waals surface area contributed by atoms with E-state index in [0.717, 1.165) is 26.1 Å². The highest BCUT2D eigenvalue weighted by Crippen LogP contribution is 2.33. The summed E-state index contributed by atoms with van der Waals surface area (Å²) in [5.74, 6) is 1.42. The van der Waals surface area contributed by atoms with Crippen LogP contribution in [0.15, 0.2) is 66.7 Å². The molecular formula is C35H51FN4O. The Bertz CT molecular complexity index is 1220. The van der Waals surface area contributed by atoms with Gasteiger partial charge >= 0.3 is 0 Å². The van der Waals surface area contributed by atoms with E-state index in [-0.39, 0.29) is 18.7 Å². The van der Waals surface area contributed by atoms with Crippen LogP contribution in [0.5, 0.6) is 0 Å². The van der Waals surface area contributed by atoms with Crippen LogP contribution in [0.4, 0.5) is 4.39 Å². The average Bonchev–Trinajstić information content (AvgIpc) is 3.56. The van der Waals surface area contributed by atoms with Gasteiger partial charge in [0.2, 0.25) is 0 Å². The van der Waals surface area contributed by atoms with E-state index in [9.17, 15) is 9.18 Å². The Morgan fingerprint density at radius 2 is 1.63 bits per heavy atom. The third kappa shape index (κ3) is 8.83. The van der Waals surface area contributed by atoms with E-state index in [2.05, 4.69) is 78.6 Å². The molecule has 0 aliphatic carbocycles. The molecule has 3 aromatic rings. The molecular weight excluding hydrogens is 511 g/mol. The maximum atomic E-state index is 12.3. The number of nitrogens with zero attached hydrogens (tertiary/aromatic N) is 4. The molecule has 5 rings (SSSR count). The summed E-state index contributed by atoms with van der Waals surface area (Å²) in [6.07, 6.45) is 4.55. The summed E-state index contributed by atoms with van der Waals surface area (Å²) >= 11 is 0. The molecule has 0 saturated carbocycles. The molecule has 5 nitrogen and oxygen atoms in total. The van der Waals surface area contributed by atoms with Crippen molar-refractivity contribution in [2.45, 2.75) is 78.8 Å². The summed E-state index contributed by atoms with van der Waals surface area (Å²) in [6, 6.07) is 21.0. The van der Waals surface area contributed by atoms with E-state index >= 15 is 0 Å². The minimum Gasteiger partial charge on any atom is -0.303 e. The first-order valence-corrected chi connectivity index (χ1v) is 15.4. The highest BCUT2D eigenvalue weighted by molar-refractivity contribution is 5.82. The molecule has 0 amide bonds. The Labute approximate surface area is 248 Å². The zero-order valence-electron chi connectivity index (χ0n) is 25.7. The number of carbonyl (C=O) groups excluding carboxylic acids is 1. The number of ketones is 1. The first-order chi connectivity index (χ1) is 19.6. The summed E-state index contributed by atoms with van der Waals surface area (Å²) in [5, 5.41) is 4.93. The standard InChI is InChI=1S/C29H44N4O.C6H5F.H2/c1-6-33-27(19-26(30-33)18-23-10-8-7-9-11-23)25-13-15-31(16-14-25)20-24-12-17-32(21-24)28(22(2)34)29(3,4)5;7-6-4-2-1-3-5-6;/h7-11,19,24-25,28H,6,12-18,20-21H2,1-5H3;1-5H;1H/t24-,28-;;/m0../s1. The van der Waals surface area contributed by atoms with Crippen molar-refractivity contribution in [2.75, 3.05) is 32.7 Å². The largest absolute Gasteiger partial charge is 0.303 e. The van der Waals surface area contributed by atoms with Gasteiger partial charge in [-0.2, -0.15) is 5.10 Å². The number of aromatic nitrogens is 2. The number of rotatable bonds is 8. The Morgan fingerprint density at radius 3 is 2.17 bits per heavy atom. The quantitative estimate of drug-likeness (QED) is 0.294. The van der Waals surface area contributed by atoms with Gasteiger partial charge in [-0.05, 0) is 87.8 Å². The highest BCUT2D eigenvalue weighted by atomic mass is 19.1. The second-order valence-electron chi connectivity index (χ2n) is 12.9. The fourth-order valence-electron chi connectivity index (χ4n) is 6.81. The normalized spacial score (nSPS) is 19.5. The van der Waals surface area contributed by atoms with Gasteiger partial charge in [-0.25, -0.2) is 4.39 Å². The van der Waals surface area contributed by atoms with Crippen LogP contribution in [-0.4, -0.2) is 64.1 Å². The molecule has 0 radical (unpaired) electrons. The van der Waals surface area contributed by atoms with Crippen molar-refractivity contribution in [1.82, 2.24) is 19.6 Å². The molecule has 0 bridgehead atoms. The molecule has 2 atom stereocenters. The summed E-state index contributed by atoms with van der Waals surface area (Å²) in [5.41, 5.74) is 3.94. The zero-order chi connectivity index (χ0) is 29.4. The van der Waals surface area contributed by atoms with Crippen LogP contribution in [0.2, 0.25) is 0 Å². The third-order valence-electron chi connectivity index (χ3n) is 8.53. The molecule has 2 aliphatic heterocycles. The summed E-state index contributed by atoms with van der Waals surface area (Å²) in [4.78, 5) is 17.5. The maximum Gasteiger partial charge on any atom is 0.147 e. The molecule has 3 heterocycles. The van der Waals surface area contributed by atoms with Crippen LogP contribution in [0, 0.1) is 17.2 Å². The number of benzene rings is 2. The molecule has 2 saturated heterocycles. The molecule has 0 spiro atoms. The van der Waals surface area contributed by atoms with Gasteiger partial charge in [0.25, 0.3) is 0 Å². The lowest BCUT2D eigenvalue weighted by molar-refractivity contribution is -0.125. The molecule has 0 unspecified atom stereocenters. The molecule has 2 fully saturated rings. The summed E-state index contributed by atoms with van der Waals surface area (Å²) < 4.78 is 14.1. The van der Waals surface area contributed by atoms with Gasteiger partial charge in [-0.1, -0.05) is 69.3 Å². The summed E-state index contributed by atoms with van der Waals surface area (Å²) in [7, 11) is 0. The van der Waals surface area contributed by atoms with Gasteiger partial charge in [0.05, 0.1) is 11.7 Å². The van der Waals surface area contributed by atoms with E-state index in [1.807, 2.05) is 0 Å². The molecule has 2 aliphatic rings. The monoisotopic (exact) mass is 562 g/mol. The number of hydrogen-bond acceptors (Lipinski definition) is 4. The van der Waals surface area contributed by atoms with Crippen LogP contribution in [0.25, 0.3) is 0 Å². The molecule has 1 aromatic heterocycles. The SMILES string of the molecule is CCn1nc(Cc2ccccc2)cc1C1CCN(C[C@@H]2CCN([C@@H](C(C)=O)C(C)(C)C)C2)CC1.Fc1ccccc1.[HH]. The Hall–Kier alpha value is -2.83. The van der Waals surface area contributed by atoms with E-state index < -0.39 is 0 Å². The van der Waals surface area contributed by atoms with Gasteiger partial charge in [-0.3, -0.25) is 14.4 Å². The Morgan fingerprint density at radius 1 is 1.00 bits per heavy atom. The van der Waals surface area contributed by atoms with Crippen molar-refractivity contribution >= 4 is 5.78 Å². The lowest BCUT2D eigenvalue weighted by Crippen LogP contribution is -2.48. The molecule has 224 valence electrons. The fourth-order valence-corrected chi connectivity index (χ4v) is 6.81. The summed E-state index contributed by atoms with van der Waals surface area (Å²) in [6.45, 7) is 17.1. The number of likely N-dealkylation sites (tertiary alicyclic amines) is 2. The van der Waals surface area contributed by atoms with Crippen molar-refractivity contribution < 1.29 is 10.6 Å². The van der Waals surface area contributed by atoms with Crippen LogP contribution in [0.1, 0.15) is 78.2 Å². The zero-order valence-corrected chi connectivity index (χ0v) is 25.7. The van der Waals surface area contributed by atoms with E-state index in [0.29, 0.717) is 17.6 Å². The van der Waals surface area contributed by atoms with Crippen molar-refractivity contribution in [1.29, 1.82) is 0 Å². The van der Waals surface area contributed by atoms with Crippen LogP contribution >= 0.6 is 0 Å². The van der Waals surface area contributed by atoms with Crippen molar-refractivity contribution in [3.8, 4) is 0 Å². The van der Waals surface area contributed by atoms with Gasteiger partial charge in [0.1, 0.15) is 11.6 Å². The van der Waals surface area contributed by atoms with Gasteiger partial charge in [0.15, 0.2) is 0 Å². The van der Waals surface area contributed by atoms with E-state index in [1.165, 1.54) is 68.0 Å². The number of aryl methyl sites for hydroxylation is 1. The van der Waals surface area contributed by atoms with Gasteiger partial charge in [-0.15, -0.1) is 0 Å². The number of hydrogen-bond donors (Lipinski definition) is 0. The predicted molar refractivity (Wildman–Crippen MR) is 168 cm³/mol. The lowest BCUT2D eigenvalue weighted by atomic mass is 9.83. The number of halogens is 1. The molecule has 6 heteroatoms. The first kappa shape index (κ1) is 31.1. The minimum absolute atomic E-state index is 0. The van der Waals surface area contributed by atoms with Crippen molar-refractivity contribution in [2.24, 2.45) is 11.3 Å². The van der Waals surface area contributed by atoms with E-state index in [1.54, 1.807) is 25.1 Å². The highest BCUT2D eigenvalue weighted by Gasteiger charge is 2.38. The topological polar surface area (TPSA) is 41.4 Å². The fraction of sp³-hybridized carbons (Fsp3) is 0.543. The first-order valence-electron chi connectivity index (χ1n) is 15.4. The molecule has 0 N–H and O–H groups in total. The second-order valence-corrected chi connectivity index (χ2v) is 12.9. The Kier molecular flexibility index (Phi) is 10.9. The average molecular weight is 563 g/mol. The van der Waals surface area contributed by atoms with Crippen molar-refractivity contribution in [3.63, 3.8) is 0 Å². The predicted octanol–water partition coefficient (Wildman–Crippen LogP) is 7.07. The molecule has 2 aromatic carbocycles. The van der Waals surface area contributed by atoms with Crippen molar-refractivity contribution in [3.05, 3.63) is 89.5 Å². The molecule has 41 heavy (non-hydrogen) atoms. The van der Waals surface area contributed by atoms with Gasteiger partial charge in [0, 0.05) is 39.1 Å².